The number of halogens is 6. The van der Waals surface area contributed by atoms with Crippen LogP contribution in [0.5, 0.6) is 0 Å². The number of hydrogen-bond acceptors (Lipinski definition) is 3. The highest BCUT2D eigenvalue weighted by molar-refractivity contribution is 5.94. The Labute approximate surface area is 160 Å². The SMILES string of the molecule is O=C(/C=C/c1cccc([N+](=O)[O-])c1)CC(c1cccc(C(F)(F)F)c1)C(F)(F)F. The maximum atomic E-state index is 13.4. The van der Waals surface area contributed by atoms with Crippen LogP contribution in [0.15, 0.2) is 54.6 Å². The average Bonchev–Trinajstić information content (AvgIpc) is 2.63. The molecule has 29 heavy (non-hydrogen) atoms. The van der Waals surface area contributed by atoms with Gasteiger partial charge < -0.3 is 0 Å². The summed E-state index contributed by atoms with van der Waals surface area (Å²) in [4.78, 5) is 22.0. The second kappa shape index (κ2) is 8.46. The fourth-order valence-corrected chi connectivity index (χ4v) is 2.55. The zero-order chi connectivity index (χ0) is 21.8. The first-order chi connectivity index (χ1) is 13.4. The number of benzene rings is 2. The molecule has 0 aromatic heterocycles. The molecule has 0 amide bonds. The summed E-state index contributed by atoms with van der Waals surface area (Å²) in [7, 11) is 0. The second-order valence-corrected chi connectivity index (χ2v) is 6.07. The number of hydrogen-bond donors (Lipinski definition) is 0. The average molecular weight is 417 g/mol. The van der Waals surface area contributed by atoms with Crippen molar-refractivity contribution in [1.29, 1.82) is 0 Å². The molecule has 0 aliphatic heterocycles. The van der Waals surface area contributed by atoms with Gasteiger partial charge in [-0.2, -0.15) is 26.3 Å². The standard InChI is InChI=1S/C19H13F6NO3/c20-18(21,22)14-5-2-4-13(10-14)17(19(23,24)25)11-16(27)8-7-12-3-1-6-15(9-12)26(28)29/h1-10,17H,11H2/b8-7+. The third-order valence-electron chi connectivity index (χ3n) is 3.96. The third kappa shape index (κ3) is 6.16. The van der Waals surface area contributed by atoms with Gasteiger partial charge in [-0.3, -0.25) is 14.9 Å². The van der Waals surface area contributed by atoms with Crippen molar-refractivity contribution >= 4 is 17.5 Å². The molecule has 0 aliphatic carbocycles. The van der Waals surface area contributed by atoms with Crippen LogP contribution in [0.2, 0.25) is 0 Å². The molecule has 1 atom stereocenters. The molecule has 0 spiro atoms. The van der Waals surface area contributed by atoms with E-state index in [-0.39, 0.29) is 11.3 Å². The summed E-state index contributed by atoms with van der Waals surface area (Å²) in [5, 5.41) is 10.7. The van der Waals surface area contributed by atoms with Crippen LogP contribution >= 0.6 is 0 Å². The maximum Gasteiger partial charge on any atom is 0.416 e. The Bertz CT molecular complexity index is 934. The highest BCUT2D eigenvalue weighted by Gasteiger charge is 2.42. The summed E-state index contributed by atoms with van der Waals surface area (Å²) in [6.07, 6.45) is -8.95. The molecule has 0 N–H and O–H groups in total. The van der Waals surface area contributed by atoms with Crippen LogP contribution in [0.25, 0.3) is 6.08 Å². The number of rotatable bonds is 6. The van der Waals surface area contributed by atoms with E-state index in [1.807, 2.05) is 0 Å². The minimum Gasteiger partial charge on any atom is -0.295 e. The lowest BCUT2D eigenvalue weighted by atomic mass is 9.91. The van der Waals surface area contributed by atoms with Gasteiger partial charge in [0.2, 0.25) is 0 Å². The topological polar surface area (TPSA) is 60.2 Å². The fourth-order valence-electron chi connectivity index (χ4n) is 2.55. The Balaban J connectivity index is 2.24. The summed E-state index contributed by atoms with van der Waals surface area (Å²) >= 11 is 0. The maximum absolute atomic E-state index is 13.4. The molecule has 2 rings (SSSR count). The number of nitro benzene ring substituents is 1. The molecule has 0 saturated heterocycles. The molecule has 1 unspecified atom stereocenters. The third-order valence-corrected chi connectivity index (χ3v) is 3.96. The molecule has 2 aromatic carbocycles. The zero-order valence-electron chi connectivity index (χ0n) is 14.5. The predicted molar refractivity (Wildman–Crippen MR) is 92.0 cm³/mol. The number of non-ortho nitro benzene ring substituents is 1. The molecule has 0 bridgehead atoms. The van der Waals surface area contributed by atoms with Crippen molar-refractivity contribution in [3.05, 3.63) is 81.4 Å². The van der Waals surface area contributed by atoms with E-state index in [0.29, 0.717) is 12.1 Å². The van der Waals surface area contributed by atoms with Crippen LogP contribution in [-0.2, 0) is 11.0 Å². The van der Waals surface area contributed by atoms with E-state index in [1.54, 1.807) is 0 Å². The minimum atomic E-state index is -4.95. The Morgan fingerprint density at radius 1 is 1.03 bits per heavy atom. The molecular weight excluding hydrogens is 404 g/mol. The van der Waals surface area contributed by atoms with Crippen molar-refractivity contribution in [1.82, 2.24) is 0 Å². The van der Waals surface area contributed by atoms with Crippen molar-refractivity contribution in [3.8, 4) is 0 Å². The summed E-state index contributed by atoms with van der Waals surface area (Å²) in [6.45, 7) is 0. The van der Waals surface area contributed by atoms with Crippen LogP contribution in [0.1, 0.15) is 29.0 Å². The number of nitrogens with zero attached hydrogens (tertiary/aromatic N) is 1. The Morgan fingerprint density at radius 3 is 2.28 bits per heavy atom. The molecule has 10 heteroatoms. The number of carbonyl (C=O) groups excluding carboxylic acids is 1. The van der Waals surface area contributed by atoms with Crippen LogP contribution in [0, 0.1) is 10.1 Å². The van der Waals surface area contributed by atoms with E-state index >= 15 is 0 Å². The van der Waals surface area contributed by atoms with Gasteiger partial charge in [0.1, 0.15) is 0 Å². The van der Waals surface area contributed by atoms with Crippen molar-refractivity contribution in [2.75, 3.05) is 0 Å². The largest absolute Gasteiger partial charge is 0.416 e. The normalized spacial score (nSPS) is 13.4. The minimum absolute atomic E-state index is 0.218. The van der Waals surface area contributed by atoms with Crippen LogP contribution in [0.4, 0.5) is 32.0 Å². The highest BCUT2D eigenvalue weighted by Crippen LogP contribution is 2.40. The van der Waals surface area contributed by atoms with Crippen LogP contribution in [0.3, 0.4) is 0 Å². The molecule has 154 valence electrons. The summed E-state index contributed by atoms with van der Waals surface area (Å²) in [6, 6.07) is 7.81. The van der Waals surface area contributed by atoms with Gasteiger partial charge in [-0.15, -0.1) is 0 Å². The van der Waals surface area contributed by atoms with Crippen LogP contribution < -0.4 is 0 Å². The number of carbonyl (C=O) groups is 1. The van der Waals surface area contributed by atoms with Gasteiger partial charge in [0.15, 0.2) is 5.78 Å². The summed E-state index contributed by atoms with van der Waals surface area (Å²) in [5.41, 5.74) is -1.97. The van der Waals surface area contributed by atoms with Gasteiger partial charge in [-0.1, -0.05) is 36.4 Å². The number of nitro groups is 1. The van der Waals surface area contributed by atoms with E-state index in [1.165, 1.54) is 18.2 Å². The first kappa shape index (κ1) is 22.1. The summed E-state index contributed by atoms with van der Waals surface area (Å²) < 4.78 is 78.4. The number of alkyl halides is 6. The van der Waals surface area contributed by atoms with Gasteiger partial charge in [-0.05, 0) is 23.3 Å². The Kier molecular flexibility index (Phi) is 6.45. The Morgan fingerprint density at radius 2 is 1.69 bits per heavy atom. The van der Waals surface area contributed by atoms with Crippen molar-refractivity contribution in [3.63, 3.8) is 0 Å². The lowest BCUT2D eigenvalue weighted by Gasteiger charge is -2.20. The first-order valence-electron chi connectivity index (χ1n) is 8.07. The smallest absolute Gasteiger partial charge is 0.295 e. The molecule has 2 aromatic rings. The number of ketones is 1. The van der Waals surface area contributed by atoms with E-state index in [4.69, 9.17) is 0 Å². The molecule has 0 radical (unpaired) electrons. The van der Waals surface area contributed by atoms with E-state index in [2.05, 4.69) is 0 Å². The van der Waals surface area contributed by atoms with Gasteiger partial charge in [0.25, 0.3) is 5.69 Å². The molecule has 0 saturated carbocycles. The second-order valence-electron chi connectivity index (χ2n) is 6.07. The van der Waals surface area contributed by atoms with Gasteiger partial charge in [0.05, 0.1) is 16.4 Å². The van der Waals surface area contributed by atoms with Crippen molar-refractivity contribution in [2.45, 2.75) is 24.7 Å². The zero-order valence-corrected chi connectivity index (χ0v) is 14.5. The quantitative estimate of drug-likeness (QED) is 0.253. The molecule has 0 aliphatic rings. The van der Waals surface area contributed by atoms with Gasteiger partial charge >= 0.3 is 12.4 Å². The lowest BCUT2D eigenvalue weighted by molar-refractivity contribution is -0.384. The van der Waals surface area contributed by atoms with E-state index < -0.39 is 46.5 Å². The number of allylic oxidation sites excluding steroid dienone is 1. The van der Waals surface area contributed by atoms with E-state index in [9.17, 15) is 41.3 Å². The lowest BCUT2D eigenvalue weighted by Crippen LogP contribution is -2.23. The monoisotopic (exact) mass is 417 g/mol. The summed E-state index contributed by atoms with van der Waals surface area (Å²) in [5.74, 6) is -3.41. The Hall–Kier alpha value is -3.17. The van der Waals surface area contributed by atoms with E-state index in [0.717, 1.165) is 30.4 Å². The van der Waals surface area contributed by atoms with Crippen molar-refractivity contribution < 1.29 is 36.1 Å². The van der Waals surface area contributed by atoms with Crippen LogP contribution in [-0.4, -0.2) is 16.9 Å². The molecule has 4 nitrogen and oxygen atoms in total. The highest BCUT2D eigenvalue weighted by atomic mass is 19.4. The van der Waals surface area contributed by atoms with Crippen molar-refractivity contribution in [2.24, 2.45) is 0 Å². The van der Waals surface area contributed by atoms with Gasteiger partial charge in [0, 0.05) is 18.6 Å². The van der Waals surface area contributed by atoms with Gasteiger partial charge in [-0.25, -0.2) is 0 Å². The first-order valence-corrected chi connectivity index (χ1v) is 8.07. The molecular formula is C19H13F6NO3. The fraction of sp³-hybridized carbons (Fsp3) is 0.211. The molecule has 0 heterocycles. The predicted octanol–water partition coefficient (Wildman–Crippen LogP) is 5.93. The molecule has 0 fully saturated rings.